The molecule has 8 heteroatoms. The third-order valence-corrected chi connectivity index (χ3v) is 2.93. The van der Waals surface area contributed by atoms with Gasteiger partial charge < -0.3 is 10.3 Å². The average molecular weight is 356 g/mol. The molecule has 2 N–H and O–H groups in total. The number of nitrogens with one attached hydrogen (secondary N) is 2. The van der Waals surface area contributed by atoms with E-state index in [2.05, 4.69) is 15.3 Å². The number of rotatable bonds is 6. The number of H-pyrrole nitrogens is 1. The zero-order valence-corrected chi connectivity index (χ0v) is 13.3. The van der Waals surface area contributed by atoms with Gasteiger partial charge in [0.15, 0.2) is 0 Å². The molecule has 22 heavy (non-hydrogen) atoms. The molecule has 0 saturated heterocycles. The largest absolute Gasteiger partial charge is 0.416 e. The van der Waals surface area contributed by atoms with Crippen LogP contribution < -0.4 is 5.32 Å². The van der Waals surface area contributed by atoms with Crippen LogP contribution in [0.3, 0.4) is 0 Å². The van der Waals surface area contributed by atoms with Crippen molar-refractivity contribution in [2.45, 2.75) is 25.6 Å². The van der Waals surface area contributed by atoms with Crippen LogP contribution in [0.5, 0.6) is 0 Å². The van der Waals surface area contributed by atoms with Gasteiger partial charge >= 0.3 is 6.18 Å². The molecule has 0 saturated carbocycles. The first-order valence-corrected chi connectivity index (χ1v) is 6.41. The molecule has 0 amide bonds. The molecule has 0 spiro atoms. The van der Waals surface area contributed by atoms with Crippen molar-refractivity contribution in [2.24, 2.45) is 0 Å². The summed E-state index contributed by atoms with van der Waals surface area (Å²) >= 11 is 0. The fourth-order valence-electron chi connectivity index (χ4n) is 1.86. The molecule has 1 heterocycles. The molecule has 2 aromatic rings. The number of imidazole rings is 1. The fraction of sp³-hybridized carbons (Fsp3) is 0.357. The monoisotopic (exact) mass is 355 g/mol. The summed E-state index contributed by atoms with van der Waals surface area (Å²) in [6.07, 6.45) is 1.01. The maximum Gasteiger partial charge on any atom is 0.416 e. The molecule has 0 aliphatic carbocycles. The van der Waals surface area contributed by atoms with E-state index in [0.717, 1.165) is 42.9 Å². The van der Waals surface area contributed by atoms with Gasteiger partial charge in [0.1, 0.15) is 5.82 Å². The Morgan fingerprint density at radius 1 is 1.09 bits per heavy atom. The lowest BCUT2D eigenvalue weighted by molar-refractivity contribution is -0.137. The van der Waals surface area contributed by atoms with E-state index in [1.807, 2.05) is 0 Å². The van der Waals surface area contributed by atoms with Gasteiger partial charge in [-0.05, 0) is 30.7 Å². The molecule has 124 valence electrons. The normalized spacial score (nSPS) is 10.7. The Morgan fingerprint density at radius 2 is 1.77 bits per heavy atom. The van der Waals surface area contributed by atoms with Gasteiger partial charge in [-0.1, -0.05) is 12.1 Å². The maximum atomic E-state index is 12.4. The van der Waals surface area contributed by atoms with Crippen LogP contribution in [0.4, 0.5) is 13.2 Å². The number of hydrogen-bond acceptors (Lipinski definition) is 2. The minimum Gasteiger partial charge on any atom is -0.349 e. The van der Waals surface area contributed by atoms with E-state index >= 15 is 0 Å². The van der Waals surface area contributed by atoms with Gasteiger partial charge in [0.25, 0.3) is 0 Å². The summed E-state index contributed by atoms with van der Waals surface area (Å²) < 4.78 is 37.1. The molecular formula is C14H18Cl2F3N3. The first-order valence-electron chi connectivity index (χ1n) is 6.41. The molecule has 0 aliphatic rings. The van der Waals surface area contributed by atoms with Crippen LogP contribution in [-0.4, -0.2) is 16.5 Å². The Labute approximate surface area is 139 Å². The van der Waals surface area contributed by atoms with Crippen LogP contribution in [0.25, 0.3) is 0 Å². The molecule has 0 unspecified atom stereocenters. The Hall–Kier alpha value is -1.24. The molecular weight excluding hydrogens is 338 g/mol. The standard InChI is InChI=1S/C14H16F3N3.2ClH/c15-14(16,17)12-5-3-11(4-6-12)10-18-7-1-2-13-19-8-9-20-13;;/h3-6,8-9,18H,1-2,7,10H2,(H,19,20);2*1H. The van der Waals surface area contributed by atoms with Crippen molar-refractivity contribution in [1.82, 2.24) is 15.3 Å². The first-order chi connectivity index (χ1) is 9.55. The Balaban J connectivity index is 0.00000220. The summed E-state index contributed by atoms with van der Waals surface area (Å²) in [5.74, 6) is 0.946. The summed E-state index contributed by atoms with van der Waals surface area (Å²) in [5.41, 5.74) is 0.232. The third kappa shape index (κ3) is 6.68. The summed E-state index contributed by atoms with van der Waals surface area (Å²) in [4.78, 5) is 7.14. The molecule has 1 aromatic carbocycles. The summed E-state index contributed by atoms with van der Waals surface area (Å²) in [7, 11) is 0. The van der Waals surface area contributed by atoms with E-state index in [9.17, 15) is 13.2 Å². The highest BCUT2D eigenvalue weighted by atomic mass is 35.5. The molecule has 0 atom stereocenters. The number of nitrogens with zero attached hydrogens (tertiary/aromatic N) is 1. The maximum absolute atomic E-state index is 12.4. The smallest absolute Gasteiger partial charge is 0.349 e. The highest BCUT2D eigenvalue weighted by Gasteiger charge is 2.29. The number of halogens is 5. The van der Waals surface area contributed by atoms with E-state index < -0.39 is 11.7 Å². The highest BCUT2D eigenvalue weighted by Crippen LogP contribution is 2.28. The summed E-state index contributed by atoms with van der Waals surface area (Å²) in [6, 6.07) is 5.23. The number of hydrogen-bond donors (Lipinski definition) is 2. The molecule has 0 bridgehead atoms. The van der Waals surface area contributed by atoms with Crippen LogP contribution in [0.2, 0.25) is 0 Å². The van der Waals surface area contributed by atoms with Crippen molar-refractivity contribution in [1.29, 1.82) is 0 Å². The van der Waals surface area contributed by atoms with E-state index in [4.69, 9.17) is 0 Å². The van der Waals surface area contributed by atoms with Gasteiger partial charge in [0.2, 0.25) is 0 Å². The Bertz CT molecular complexity index is 513. The zero-order valence-electron chi connectivity index (χ0n) is 11.7. The highest BCUT2D eigenvalue weighted by molar-refractivity contribution is 5.85. The summed E-state index contributed by atoms with van der Waals surface area (Å²) in [5, 5.41) is 3.20. The van der Waals surface area contributed by atoms with E-state index in [1.165, 1.54) is 12.1 Å². The molecule has 0 fully saturated rings. The zero-order chi connectivity index (χ0) is 14.4. The predicted molar refractivity (Wildman–Crippen MR) is 84.6 cm³/mol. The lowest BCUT2D eigenvalue weighted by Crippen LogP contribution is -2.15. The van der Waals surface area contributed by atoms with Crippen LogP contribution in [-0.2, 0) is 19.1 Å². The second-order valence-electron chi connectivity index (χ2n) is 4.51. The van der Waals surface area contributed by atoms with Crippen molar-refractivity contribution in [2.75, 3.05) is 6.54 Å². The van der Waals surface area contributed by atoms with E-state index in [1.54, 1.807) is 12.4 Å². The topological polar surface area (TPSA) is 40.7 Å². The third-order valence-electron chi connectivity index (χ3n) is 2.93. The number of alkyl halides is 3. The molecule has 0 radical (unpaired) electrons. The second-order valence-corrected chi connectivity index (χ2v) is 4.51. The van der Waals surface area contributed by atoms with E-state index in [-0.39, 0.29) is 24.8 Å². The molecule has 2 rings (SSSR count). The van der Waals surface area contributed by atoms with Crippen LogP contribution in [0.15, 0.2) is 36.7 Å². The number of aromatic amines is 1. The van der Waals surface area contributed by atoms with Gasteiger partial charge in [-0.2, -0.15) is 13.2 Å². The quantitative estimate of drug-likeness (QED) is 0.769. The Morgan fingerprint density at radius 3 is 2.32 bits per heavy atom. The van der Waals surface area contributed by atoms with Gasteiger partial charge in [-0.15, -0.1) is 24.8 Å². The molecule has 0 aliphatic heterocycles. The average Bonchev–Trinajstić information content (AvgIpc) is 2.91. The minimum absolute atomic E-state index is 0. The lowest BCUT2D eigenvalue weighted by Gasteiger charge is -2.08. The van der Waals surface area contributed by atoms with E-state index in [0.29, 0.717) is 6.54 Å². The van der Waals surface area contributed by atoms with Crippen molar-refractivity contribution < 1.29 is 13.2 Å². The summed E-state index contributed by atoms with van der Waals surface area (Å²) in [6.45, 7) is 1.36. The number of aromatic nitrogens is 2. The predicted octanol–water partition coefficient (Wildman–Crippen LogP) is 3.99. The van der Waals surface area contributed by atoms with Gasteiger partial charge in [0, 0.05) is 25.4 Å². The van der Waals surface area contributed by atoms with Crippen molar-refractivity contribution in [3.8, 4) is 0 Å². The van der Waals surface area contributed by atoms with Crippen molar-refractivity contribution >= 4 is 24.8 Å². The minimum atomic E-state index is -4.27. The molecule has 1 aromatic heterocycles. The van der Waals surface area contributed by atoms with Gasteiger partial charge in [0.05, 0.1) is 5.56 Å². The van der Waals surface area contributed by atoms with Crippen molar-refractivity contribution in [3.05, 3.63) is 53.6 Å². The lowest BCUT2D eigenvalue weighted by atomic mass is 10.1. The van der Waals surface area contributed by atoms with Crippen LogP contribution in [0.1, 0.15) is 23.4 Å². The molecule has 3 nitrogen and oxygen atoms in total. The number of benzene rings is 1. The fourth-order valence-corrected chi connectivity index (χ4v) is 1.86. The van der Waals surface area contributed by atoms with Gasteiger partial charge in [-0.25, -0.2) is 4.98 Å². The Kier molecular flexibility index (Phi) is 9.16. The number of aryl methyl sites for hydroxylation is 1. The second kappa shape index (κ2) is 9.71. The van der Waals surface area contributed by atoms with Gasteiger partial charge in [-0.3, -0.25) is 0 Å². The SMILES string of the molecule is Cl.Cl.FC(F)(F)c1ccc(CNCCCc2ncc[nH]2)cc1. The van der Waals surface area contributed by atoms with Crippen LogP contribution in [0, 0.1) is 0 Å². The first kappa shape index (κ1) is 20.8. The van der Waals surface area contributed by atoms with Crippen molar-refractivity contribution in [3.63, 3.8) is 0 Å². The van der Waals surface area contributed by atoms with Crippen LogP contribution >= 0.6 is 24.8 Å².